The minimum atomic E-state index is -5.20. The largest absolute Gasteiger partial charge is 0.537 e. The standard InChI is InChI=1S/C8H7F3O3S.C7H7NO/c1-6-2-4-7(5-3-6)15(12,13)14-8(9,10)11;8-7(9)6-4-2-1-3-5-6/h2-5H,1H3;1-5H,(H2,8,9). The maximum absolute atomic E-state index is 11.7. The molecule has 130 valence electrons. The fraction of sp³-hybridized carbons (Fsp3) is 0.133. The van der Waals surface area contributed by atoms with Gasteiger partial charge in [0.1, 0.15) is 0 Å². The molecule has 0 aliphatic carbocycles. The van der Waals surface area contributed by atoms with Crippen molar-refractivity contribution in [3.8, 4) is 0 Å². The minimum absolute atomic E-state index is 0.379. The lowest BCUT2D eigenvalue weighted by atomic mass is 10.2. The Bertz CT molecular complexity index is 773. The Kier molecular flexibility index (Phi) is 6.50. The van der Waals surface area contributed by atoms with E-state index in [1.807, 2.05) is 6.07 Å². The van der Waals surface area contributed by atoms with E-state index in [4.69, 9.17) is 5.73 Å². The van der Waals surface area contributed by atoms with Crippen LogP contribution in [0.4, 0.5) is 13.2 Å². The summed E-state index contributed by atoms with van der Waals surface area (Å²) < 4.78 is 60.2. The highest BCUT2D eigenvalue weighted by molar-refractivity contribution is 7.86. The molecule has 0 aromatic heterocycles. The molecular formula is C15H14F3NO4S. The van der Waals surface area contributed by atoms with Crippen LogP contribution in [0.2, 0.25) is 0 Å². The van der Waals surface area contributed by atoms with Crippen LogP contribution >= 0.6 is 0 Å². The second-order valence-corrected chi connectivity index (χ2v) is 6.07. The number of amides is 1. The Morgan fingerprint density at radius 3 is 1.88 bits per heavy atom. The highest BCUT2D eigenvalue weighted by atomic mass is 32.2. The Balaban J connectivity index is 0.000000272. The third kappa shape index (κ3) is 6.80. The number of primary amides is 1. The molecule has 0 aliphatic rings. The number of halogens is 3. The summed E-state index contributed by atoms with van der Waals surface area (Å²) >= 11 is 0. The van der Waals surface area contributed by atoms with Gasteiger partial charge in [-0.3, -0.25) is 4.79 Å². The van der Waals surface area contributed by atoms with Crippen molar-refractivity contribution >= 4 is 16.0 Å². The minimum Gasteiger partial charge on any atom is -0.366 e. The maximum Gasteiger partial charge on any atom is 0.537 e. The number of carbonyl (C=O) groups is 1. The molecule has 0 saturated heterocycles. The zero-order valence-corrected chi connectivity index (χ0v) is 13.3. The second kappa shape index (κ2) is 7.93. The Morgan fingerprint density at radius 2 is 1.50 bits per heavy atom. The summed E-state index contributed by atoms with van der Waals surface area (Å²) in [5, 5.41) is 0. The number of carbonyl (C=O) groups excluding carboxylic acids is 1. The molecule has 9 heteroatoms. The molecule has 0 atom stereocenters. The van der Waals surface area contributed by atoms with E-state index in [2.05, 4.69) is 4.18 Å². The van der Waals surface area contributed by atoms with Crippen LogP contribution in [0.3, 0.4) is 0 Å². The van der Waals surface area contributed by atoms with Gasteiger partial charge >= 0.3 is 16.5 Å². The van der Waals surface area contributed by atoms with Crippen LogP contribution in [0.1, 0.15) is 15.9 Å². The third-order valence-corrected chi connectivity index (χ3v) is 3.83. The molecule has 0 spiro atoms. The molecular weight excluding hydrogens is 347 g/mol. The van der Waals surface area contributed by atoms with Gasteiger partial charge in [0.25, 0.3) is 0 Å². The van der Waals surface area contributed by atoms with Gasteiger partial charge in [0.2, 0.25) is 5.91 Å². The summed E-state index contributed by atoms with van der Waals surface area (Å²) in [7, 11) is -4.76. The molecule has 2 N–H and O–H groups in total. The zero-order chi connectivity index (χ0) is 18.4. The van der Waals surface area contributed by atoms with Crippen molar-refractivity contribution in [3.05, 3.63) is 65.7 Å². The number of hydrogen-bond acceptors (Lipinski definition) is 4. The summed E-state index contributed by atoms with van der Waals surface area (Å²) in [5.41, 5.74) is 6.27. The molecule has 0 saturated carbocycles. The van der Waals surface area contributed by atoms with Gasteiger partial charge in [-0.05, 0) is 31.2 Å². The molecule has 0 radical (unpaired) electrons. The van der Waals surface area contributed by atoms with Crippen molar-refractivity contribution in [2.24, 2.45) is 5.73 Å². The van der Waals surface area contributed by atoms with E-state index in [-0.39, 0.29) is 5.91 Å². The molecule has 0 heterocycles. The van der Waals surface area contributed by atoms with Gasteiger partial charge in [0.15, 0.2) is 0 Å². The second-order valence-electron chi connectivity index (χ2n) is 4.53. The zero-order valence-electron chi connectivity index (χ0n) is 12.4. The van der Waals surface area contributed by atoms with Crippen molar-refractivity contribution in [3.63, 3.8) is 0 Å². The fourth-order valence-corrected chi connectivity index (χ4v) is 2.29. The van der Waals surface area contributed by atoms with Gasteiger partial charge in [-0.25, -0.2) is 0 Å². The quantitative estimate of drug-likeness (QED) is 0.852. The Morgan fingerprint density at radius 1 is 1.00 bits per heavy atom. The van der Waals surface area contributed by atoms with Crippen LogP contribution in [-0.2, 0) is 14.3 Å². The number of aryl methyl sites for hydroxylation is 1. The van der Waals surface area contributed by atoms with Crippen LogP contribution in [0.25, 0.3) is 0 Å². The van der Waals surface area contributed by atoms with Crippen molar-refractivity contribution < 1.29 is 30.6 Å². The summed E-state index contributed by atoms with van der Waals surface area (Å²) in [6.07, 6.45) is -5.20. The average molecular weight is 361 g/mol. The smallest absolute Gasteiger partial charge is 0.366 e. The summed E-state index contributed by atoms with van der Waals surface area (Å²) in [6.45, 7) is 1.68. The van der Waals surface area contributed by atoms with Crippen LogP contribution in [0.5, 0.6) is 0 Å². The van der Waals surface area contributed by atoms with E-state index < -0.39 is 21.4 Å². The van der Waals surface area contributed by atoms with Crippen molar-refractivity contribution in [1.29, 1.82) is 0 Å². The van der Waals surface area contributed by atoms with E-state index in [1.54, 1.807) is 31.2 Å². The topological polar surface area (TPSA) is 86.5 Å². The molecule has 0 bridgehead atoms. The molecule has 0 fully saturated rings. The van der Waals surface area contributed by atoms with Crippen molar-refractivity contribution in [2.45, 2.75) is 18.2 Å². The molecule has 1 amide bonds. The first-order valence-corrected chi connectivity index (χ1v) is 7.86. The lowest BCUT2D eigenvalue weighted by molar-refractivity contribution is -0.271. The third-order valence-electron chi connectivity index (χ3n) is 2.57. The predicted octanol–water partition coefficient (Wildman–Crippen LogP) is 3.01. The summed E-state index contributed by atoms with van der Waals surface area (Å²) in [6, 6.07) is 13.6. The van der Waals surface area contributed by atoms with E-state index >= 15 is 0 Å². The monoisotopic (exact) mass is 361 g/mol. The number of rotatable bonds is 3. The summed E-state index contributed by atoms with van der Waals surface area (Å²) in [4.78, 5) is 9.90. The van der Waals surface area contributed by atoms with Gasteiger partial charge in [0, 0.05) is 5.56 Å². The molecule has 24 heavy (non-hydrogen) atoms. The Hall–Kier alpha value is -2.39. The molecule has 2 aromatic rings. The average Bonchev–Trinajstić information content (AvgIpc) is 2.47. The van der Waals surface area contributed by atoms with Gasteiger partial charge < -0.3 is 5.73 Å². The highest BCUT2D eigenvalue weighted by Gasteiger charge is 2.37. The van der Waals surface area contributed by atoms with Crippen molar-refractivity contribution in [1.82, 2.24) is 0 Å². The molecule has 5 nitrogen and oxygen atoms in total. The first-order valence-electron chi connectivity index (χ1n) is 6.45. The van der Waals surface area contributed by atoms with E-state index in [1.165, 1.54) is 12.1 Å². The number of alkyl halides is 3. The normalized spacial score (nSPS) is 11.3. The first kappa shape index (κ1) is 19.7. The molecule has 0 unspecified atom stereocenters. The predicted molar refractivity (Wildman–Crippen MR) is 80.5 cm³/mol. The molecule has 0 aliphatic heterocycles. The fourth-order valence-electron chi connectivity index (χ4n) is 1.48. The van der Waals surface area contributed by atoms with Crippen LogP contribution < -0.4 is 5.73 Å². The number of nitrogens with two attached hydrogens (primary N) is 1. The van der Waals surface area contributed by atoms with E-state index in [0.717, 1.165) is 17.7 Å². The van der Waals surface area contributed by atoms with Gasteiger partial charge in [-0.15, -0.1) is 13.2 Å². The molecule has 2 rings (SSSR count). The van der Waals surface area contributed by atoms with Gasteiger partial charge in [-0.2, -0.15) is 12.6 Å². The lowest BCUT2D eigenvalue weighted by Gasteiger charge is -2.07. The number of hydrogen-bond donors (Lipinski definition) is 1. The van der Waals surface area contributed by atoms with Crippen LogP contribution in [0.15, 0.2) is 59.5 Å². The molecule has 2 aromatic carbocycles. The van der Waals surface area contributed by atoms with E-state index in [0.29, 0.717) is 5.56 Å². The highest BCUT2D eigenvalue weighted by Crippen LogP contribution is 2.24. The summed E-state index contributed by atoms with van der Waals surface area (Å²) in [5.74, 6) is -0.379. The Labute approximate surface area is 137 Å². The van der Waals surface area contributed by atoms with E-state index in [9.17, 15) is 26.4 Å². The lowest BCUT2D eigenvalue weighted by Crippen LogP contribution is -2.19. The van der Waals surface area contributed by atoms with Gasteiger partial charge in [-0.1, -0.05) is 35.9 Å². The van der Waals surface area contributed by atoms with Gasteiger partial charge in [0.05, 0.1) is 4.90 Å². The van der Waals surface area contributed by atoms with Crippen LogP contribution in [0, 0.1) is 6.92 Å². The van der Waals surface area contributed by atoms with Crippen molar-refractivity contribution in [2.75, 3.05) is 0 Å². The van der Waals surface area contributed by atoms with Crippen LogP contribution in [-0.4, -0.2) is 20.7 Å². The number of benzene rings is 2. The maximum atomic E-state index is 11.7. The SMILES string of the molecule is Cc1ccc(S(=O)(=O)OC(F)(F)F)cc1.NC(=O)c1ccccc1. The first-order chi connectivity index (χ1) is 11.0.